The van der Waals surface area contributed by atoms with Crippen LogP contribution in [0.2, 0.25) is 0 Å². The highest BCUT2D eigenvalue weighted by Crippen LogP contribution is 2.40. The van der Waals surface area contributed by atoms with E-state index >= 15 is 0 Å². The van der Waals surface area contributed by atoms with Crippen molar-refractivity contribution >= 4 is 45.8 Å². The molecule has 5 rings (SSSR count). The van der Waals surface area contributed by atoms with Crippen molar-refractivity contribution in [3.05, 3.63) is 64.5 Å². The number of aromatic amines is 1. The van der Waals surface area contributed by atoms with Crippen molar-refractivity contribution < 1.29 is 13.6 Å². The third-order valence-corrected chi connectivity index (χ3v) is 6.23. The van der Waals surface area contributed by atoms with Gasteiger partial charge in [-0.25, -0.2) is 14.2 Å². The summed E-state index contributed by atoms with van der Waals surface area (Å²) in [7, 11) is 0. The van der Waals surface area contributed by atoms with E-state index in [4.69, 9.17) is 9.40 Å². The van der Waals surface area contributed by atoms with Crippen LogP contribution in [0.3, 0.4) is 0 Å². The predicted molar refractivity (Wildman–Crippen MR) is 137 cm³/mol. The lowest BCUT2D eigenvalue weighted by atomic mass is 10.1. The van der Waals surface area contributed by atoms with Crippen molar-refractivity contribution in [2.45, 2.75) is 33.2 Å². The van der Waals surface area contributed by atoms with Gasteiger partial charge in [0.15, 0.2) is 17.2 Å². The molecule has 1 amide bonds. The molecule has 0 saturated heterocycles. The molecule has 1 aliphatic rings. The van der Waals surface area contributed by atoms with Gasteiger partial charge in [-0.15, -0.1) is 0 Å². The largest absolute Gasteiger partial charge is 0.417 e. The monoisotopic (exact) mass is 501 g/mol. The number of benzene rings is 2. The van der Waals surface area contributed by atoms with Gasteiger partial charge in [-0.3, -0.25) is 14.7 Å². The Morgan fingerprint density at radius 1 is 1.27 bits per heavy atom. The number of H-pyrrole nitrogens is 1. The van der Waals surface area contributed by atoms with Gasteiger partial charge in [-0.2, -0.15) is 10.2 Å². The number of nitrogens with one attached hydrogen (secondary N) is 2. The van der Waals surface area contributed by atoms with Crippen LogP contribution in [0.5, 0.6) is 0 Å². The van der Waals surface area contributed by atoms with E-state index in [9.17, 15) is 19.2 Å². The van der Waals surface area contributed by atoms with E-state index in [1.807, 2.05) is 11.8 Å². The molecule has 0 spiro atoms. The van der Waals surface area contributed by atoms with E-state index in [0.717, 1.165) is 6.42 Å². The zero-order valence-corrected chi connectivity index (χ0v) is 20.4. The van der Waals surface area contributed by atoms with E-state index in [1.165, 1.54) is 23.2 Å². The zero-order valence-electron chi connectivity index (χ0n) is 20.4. The third kappa shape index (κ3) is 4.49. The fraction of sp³-hybridized carbons (Fsp3) is 0.269. The maximum absolute atomic E-state index is 14.5. The van der Waals surface area contributed by atoms with Crippen LogP contribution in [0.25, 0.3) is 11.1 Å². The smallest absolute Gasteiger partial charge is 0.408 e. The summed E-state index contributed by atoms with van der Waals surface area (Å²) in [5.74, 6) is -0.465. The van der Waals surface area contributed by atoms with E-state index < -0.39 is 17.6 Å². The van der Waals surface area contributed by atoms with Crippen LogP contribution < -0.4 is 20.9 Å². The molecular weight excluding hydrogens is 477 g/mol. The summed E-state index contributed by atoms with van der Waals surface area (Å²) in [6.45, 7) is 6.62. The molecule has 2 aromatic carbocycles. The lowest BCUT2D eigenvalue weighted by molar-refractivity contribution is -0.119. The summed E-state index contributed by atoms with van der Waals surface area (Å²) in [6.07, 6.45) is 2.36. The number of hydrogen-bond donors (Lipinski definition) is 2. The van der Waals surface area contributed by atoms with Crippen LogP contribution in [0.1, 0.15) is 32.8 Å². The minimum absolute atomic E-state index is 0.0238. The van der Waals surface area contributed by atoms with E-state index in [-0.39, 0.29) is 23.0 Å². The van der Waals surface area contributed by atoms with Gasteiger partial charge in [-0.1, -0.05) is 19.9 Å². The molecule has 0 saturated carbocycles. The molecule has 0 radical (unpaired) electrons. The number of hydrogen-bond acceptors (Lipinski definition) is 8. The molecule has 37 heavy (non-hydrogen) atoms. The molecule has 3 heterocycles. The number of anilines is 5. The van der Waals surface area contributed by atoms with Crippen LogP contribution in [0.4, 0.5) is 33.2 Å². The summed E-state index contributed by atoms with van der Waals surface area (Å²) in [4.78, 5) is 39.9. The lowest BCUT2D eigenvalue weighted by Crippen LogP contribution is -2.51. The highest BCUT2D eigenvalue weighted by molar-refractivity contribution is 6.09. The Labute approximate surface area is 211 Å². The molecule has 0 bridgehead atoms. The number of carbonyl (C=O) groups is 1. The van der Waals surface area contributed by atoms with Crippen molar-refractivity contribution in [2.75, 3.05) is 21.7 Å². The highest BCUT2D eigenvalue weighted by Gasteiger charge is 2.38. The third-order valence-electron chi connectivity index (χ3n) is 6.23. The number of halogens is 1. The summed E-state index contributed by atoms with van der Waals surface area (Å²) in [6, 6.07) is 11.1. The summed E-state index contributed by atoms with van der Waals surface area (Å²) < 4.78 is 19.5. The standard InChI is InChI=1S/C26H24FN7O3/c1-14(2)7-8-33-15(3)24(35)34(18-6-4-5-16(9-18)12-28)20-13-29-25(32-23(20)33)30-17-10-19(27)22-21(11-17)37-26(36)31-22/h4-6,9-11,13-15H,7-8H2,1-3H3,(H,31,36)(H,29,30,32)/t15-/m1/s1. The van der Waals surface area contributed by atoms with Gasteiger partial charge >= 0.3 is 5.76 Å². The number of aromatic nitrogens is 3. The number of nitrogens with zero attached hydrogens (tertiary/aromatic N) is 5. The Balaban J connectivity index is 1.58. The maximum Gasteiger partial charge on any atom is 0.417 e. The Morgan fingerprint density at radius 2 is 2.08 bits per heavy atom. The fourth-order valence-corrected chi connectivity index (χ4v) is 4.31. The molecular formula is C26H24FN7O3. The fourth-order valence-electron chi connectivity index (χ4n) is 4.31. The lowest BCUT2D eigenvalue weighted by Gasteiger charge is -2.40. The van der Waals surface area contributed by atoms with Crippen LogP contribution >= 0.6 is 0 Å². The van der Waals surface area contributed by atoms with Gasteiger partial charge in [-0.05, 0) is 43.5 Å². The van der Waals surface area contributed by atoms with E-state index in [1.54, 1.807) is 24.3 Å². The Morgan fingerprint density at radius 3 is 2.84 bits per heavy atom. The number of amides is 1. The van der Waals surface area contributed by atoms with Gasteiger partial charge in [0.25, 0.3) is 5.91 Å². The van der Waals surface area contributed by atoms with Crippen molar-refractivity contribution in [3.8, 4) is 6.07 Å². The first-order valence-electron chi connectivity index (χ1n) is 11.8. The minimum Gasteiger partial charge on any atom is -0.408 e. The van der Waals surface area contributed by atoms with E-state index in [0.29, 0.717) is 40.9 Å². The van der Waals surface area contributed by atoms with Crippen molar-refractivity contribution in [1.29, 1.82) is 5.26 Å². The zero-order chi connectivity index (χ0) is 26.3. The minimum atomic E-state index is -0.754. The molecule has 188 valence electrons. The number of rotatable bonds is 6. The topological polar surface area (TPSA) is 131 Å². The van der Waals surface area contributed by atoms with Crippen LogP contribution in [0, 0.1) is 23.1 Å². The molecule has 1 atom stereocenters. The highest BCUT2D eigenvalue weighted by atomic mass is 19.1. The van der Waals surface area contributed by atoms with Gasteiger partial charge in [0.1, 0.15) is 17.2 Å². The van der Waals surface area contributed by atoms with Gasteiger partial charge in [0, 0.05) is 18.3 Å². The molecule has 0 unspecified atom stereocenters. The summed E-state index contributed by atoms with van der Waals surface area (Å²) >= 11 is 0. The van der Waals surface area contributed by atoms with Gasteiger partial charge < -0.3 is 14.6 Å². The maximum atomic E-state index is 14.5. The molecule has 2 N–H and O–H groups in total. The van der Waals surface area contributed by atoms with Crippen LogP contribution in [0.15, 0.2) is 51.8 Å². The summed E-state index contributed by atoms with van der Waals surface area (Å²) in [5, 5.41) is 12.3. The van der Waals surface area contributed by atoms with Crippen LogP contribution in [-0.2, 0) is 4.79 Å². The SMILES string of the molecule is CC(C)CCN1c2nc(Nc3cc(F)c4[nH]c(=O)oc4c3)ncc2N(c2cccc(C#N)c2)C(=O)[C@H]1C. The first kappa shape index (κ1) is 24.0. The molecule has 2 aromatic heterocycles. The average Bonchev–Trinajstić information content (AvgIpc) is 3.25. The molecule has 1 aliphatic heterocycles. The number of oxazole rings is 1. The first-order valence-corrected chi connectivity index (χ1v) is 11.8. The van der Waals surface area contributed by atoms with E-state index in [2.05, 4.69) is 35.2 Å². The molecule has 11 heteroatoms. The number of nitriles is 1. The second kappa shape index (κ2) is 9.39. The van der Waals surface area contributed by atoms with Crippen molar-refractivity contribution in [1.82, 2.24) is 15.0 Å². The van der Waals surface area contributed by atoms with Crippen LogP contribution in [-0.4, -0.2) is 33.4 Å². The molecule has 0 aliphatic carbocycles. The number of fused-ring (bicyclic) bond motifs is 2. The average molecular weight is 502 g/mol. The molecule has 10 nitrogen and oxygen atoms in total. The second-order valence-electron chi connectivity index (χ2n) is 9.26. The van der Waals surface area contributed by atoms with Gasteiger partial charge in [0.05, 0.1) is 23.5 Å². The predicted octanol–water partition coefficient (Wildman–Crippen LogP) is 4.58. The molecule has 4 aromatic rings. The second-order valence-corrected chi connectivity index (χ2v) is 9.26. The van der Waals surface area contributed by atoms with Crippen molar-refractivity contribution in [2.24, 2.45) is 5.92 Å². The Hall–Kier alpha value is -4.72. The normalized spacial score (nSPS) is 15.2. The number of carbonyl (C=O) groups excluding carboxylic acids is 1. The van der Waals surface area contributed by atoms with Gasteiger partial charge in [0.2, 0.25) is 5.95 Å². The molecule has 0 fully saturated rings. The quantitative estimate of drug-likeness (QED) is 0.392. The Bertz CT molecular complexity index is 1600. The summed E-state index contributed by atoms with van der Waals surface area (Å²) in [5.41, 5.74) is 1.77. The Kier molecular flexibility index (Phi) is 6.09. The van der Waals surface area contributed by atoms with Crippen molar-refractivity contribution in [3.63, 3.8) is 0 Å². The first-order chi connectivity index (χ1) is 17.7.